The average Bonchev–Trinajstić information content (AvgIpc) is 2.79. The normalized spacial score (nSPS) is 20.3. The Bertz CT molecular complexity index is 998. The summed E-state index contributed by atoms with van der Waals surface area (Å²) in [4.78, 5) is 18.9. The van der Waals surface area contributed by atoms with Gasteiger partial charge in [-0.25, -0.2) is 0 Å². The Kier molecular flexibility index (Phi) is 6.15. The highest BCUT2D eigenvalue weighted by Gasteiger charge is 2.40. The van der Waals surface area contributed by atoms with Gasteiger partial charge in [0.05, 0.1) is 5.41 Å². The Labute approximate surface area is 182 Å². The number of allylic oxidation sites excluding steroid dienone is 4. The predicted octanol–water partition coefficient (Wildman–Crippen LogP) is 5.94. The SMILES string of the molecule is O=C(OC(c1ccccc1)c1ccccc1)C1(CC2=NC=CC(=S)C2)C=CC=CC1. The molecule has 0 saturated heterocycles. The van der Waals surface area contributed by atoms with E-state index in [-0.39, 0.29) is 5.97 Å². The van der Waals surface area contributed by atoms with Gasteiger partial charge in [0.25, 0.3) is 0 Å². The summed E-state index contributed by atoms with van der Waals surface area (Å²) in [7, 11) is 0. The van der Waals surface area contributed by atoms with E-state index in [1.165, 1.54) is 0 Å². The second kappa shape index (κ2) is 9.14. The van der Waals surface area contributed by atoms with Gasteiger partial charge in [0, 0.05) is 29.6 Å². The lowest BCUT2D eigenvalue weighted by molar-refractivity contribution is -0.156. The highest BCUT2D eigenvalue weighted by atomic mass is 32.1. The number of carbonyl (C=O) groups excluding carboxylic acids is 1. The first-order valence-corrected chi connectivity index (χ1v) is 10.5. The molecule has 4 heteroatoms. The van der Waals surface area contributed by atoms with Gasteiger partial charge in [0.2, 0.25) is 0 Å². The fourth-order valence-electron chi connectivity index (χ4n) is 3.83. The van der Waals surface area contributed by atoms with Gasteiger partial charge >= 0.3 is 5.97 Å². The third-order valence-corrected chi connectivity index (χ3v) is 5.68. The van der Waals surface area contributed by atoms with Crippen molar-refractivity contribution in [3.63, 3.8) is 0 Å². The predicted molar refractivity (Wildman–Crippen MR) is 125 cm³/mol. The molecule has 150 valence electrons. The zero-order valence-corrected chi connectivity index (χ0v) is 17.4. The number of hydrogen-bond donors (Lipinski definition) is 0. The molecule has 1 atom stereocenters. The van der Waals surface area contributed by atoms with E-state index in [1.807, 2.05) is 91.0 Å². The number of aliphatic imine (C=N–C) groups is 1. The van der Waals surface area contributed by atoms with E-state index in [0.29, 0.717) is 19.3 Å². The Hall–Kier alpha value is -3.11. The van der Waals surface area contributed by atoms with Crippen LogP contribution in [0.1, 0.15) is 36.5 Å². The van der Waals surface area contributed by atoms with Crippen LogP contribution >= 0.6 is 12.2 Å². The maximum atomic E-state index is 13.6. The van der Waals surface area contributed by atoms with Gasteiger partial charge < -0.3 is 4.74 Å². The number of thiocarbonyl (C=S) groups is 1. The van der Waals surface area contributed by atoms with Crippen LogP contribution in [0.2, 0.25) is 0 Å². The molecule has 1 aliphatic heterocycles. The Balaban J connectivity index is 1.64. The van der Waals surface area contributed by atoms with Gasteiger partial charge in [0.1, 0.15) is 0 Å². The maximum Gasteiger partial charge on any atom is 0.317 e. The summed E-state index contributed by atoms with van der Waals surface area (Å²) in [5.41, 5.74) is 2.02. The average molecular weight is 414 g/mol. The Morgan fingerprint density at radius 1 is 1.03 bits per heavy atom. The first kappa shape index (κ1) is 20.2. The number of benzene rings is 2. The summed E-state index contributed by atoms with van der Waals surface area (Å²) in [6.07, 6.45) is 12.6. The summed E-state index contributed by atoms with van der Waals surface area (Å²) >= 11 is 5.33. The molecule has 4 rings (SSSR count). The fraction of sp³-hybridized carbons (Fsp3) is 0.192. The first-order chi connectivity index (χ1) is 14.7. The van der Waals surface area contributed by atoms with Crippen molar-refractivity contribution in [2.45, 2.75) is 25.4 Å². The van der Waals surface area contributed by atoms with Crippen molar-refractivity contribution in [2.24, 2.45) is 10.4 Å². The molecular weight excluding hydrogens is 390 g/mol. The van der Waals surface area contributed by atoms with Crippen molar-refractivity contribution in [3.05, 3.63) is 108 Å². The van der Waals surface area contributed by atoms with Gasteiger partial charge in [-0.05, 0) is 23.6 Å². The third-order valence-electron chi connectivity index (χ3n) is 5.40. The number of ether oxygens (including phenoxy) is 1. The van der Waals surface area contributed by atoms with Gasteiger partial charge in [0.15, 0.2) is 6.10 Å². The molecule has 0 aromatic heterocycles. The van der Waals surface area contributed by atoms with Crippen LogP contribution in [-0.4, -0.2) is 16.5 Å². The summed E-state index contributed by atoms with van der Waals surface area (Å²) in [6.45, 7) is 0. The molecule has 2 aromatic rings. The molecule has 30 heavy (non-hydrogen) atoms. The number of hydrogen-bond acceptors (Lipinski definition) is 4. The summed E-state index contributed by atoms with van der Waals surface area (Å²) in [6, 6.07) is 19.7. The zero-order chi connectivity index (χ0) is 20.8. The second-order valence-corrected chi connectivity index (χ2v) is 8.11. The Morgan fingerprint density at radius 2 is 1.70 bits per heavy atom. The molecule has 0 amide bonds. The standard InChI is InChI=1S/C26H23NO2S/c28-25(26(15-8-3-9-16-26)19-22-18-23(30)14-17-27-22)29-24(20-10-4-1-5-11-20)21-12-6-2-7-13-21/h1-15,17,24H,16,18-19H2. The zero-order valence-electron chi connectivity index (χ0n) is 16.6. The molecule has 3 nitrogen and oxygen atoms in total. The van der Waals surface area contributed by atoms with Crippen LogP contribution in [0.4, 0.5) is 0 Å². The van der Waals surface area contributed by atoms with Crippen molar-refractivity contribution < 1.29 is 9.53 Å². The molecule has 1 aliphatic carbocycles. The summed E-state index contributed by atoms with van der Waals surface area (Å²) in [5.74, 6) is -0.246. The van der Waals surface area contributed by atoms with Gasteiger partial charge in [-0.3, -0.25) is 9.79 Å². The maximum absolute atomic E-state index is 13.6. The number of esters is 1. The van der Waals surface area contributed by atoms with E-state index in [1.54, 1.807) is 6.20 Å². The van der Waals surface area contributed by atoms with E-state index in [4.69, 9.17) is 17.0 Å². The molecule has 1 unspecified atom stereocenters. The third kappa shape index (κ3) is 4.55. The van der Waals surface area contributed by atoms with Crippen LogP contribution in [0.3, 0.4) is 0 Å². The van der Waals surface area contributed by atoms with Crippen LogP contribution in [0.25, 0.3) is 0 Å². The van der Waals surface area contributed by atoms with Crippen LogP contribution in [0.15, 0.2) is 102 Å². The fourth-order valence-corrected chi connectivity index (χ4v) is 4.06. The lowest BCUT2D eigenvalue weighted by atomic mass is 9.76. The van der Waals surface area contributed by atoms with Crippen LogP contribution in [0.5, 0.6) is 0 Å². The quantitative estimate of drug-likeness (QED) is 0.434. The smallest absolute Gasteiger partial charge is 0.317 e. The van der Waals surface area contributed by atoms with E-state index < -0.39 is 11.5 Å². The highest BCUT2D eigenvalue weighted by Crippen LogP contribution is 2.38. The number of rotatable bonds is 6. The van der Waals surface area contributed by atoms with Gasteiger partial charge in [-0.2, -0.15) is 0 Å². The van der Waals surface area contributed by atoms with Crippen LogP contribution in [0, 0.1) is 5.41 Å². The molecule has 0 radical (unpaired) electrons. The highest BCUT2D eigenvalue weighted by molar-refractivity contribution is 7.80. The molecule has 0 fully saturated rings. The lowest BCUT2D eigenvalue weighted by Gasteiger charge is -2.32. The van der Waals surface area contributed by atoms with E-state index >= 15 is 0 Å². The molecule has 1 heterocycles. The second-order valence-electron chi connectivity index (χ2n) is 7.59. The summed E-state index contributed by atoms with van der Waals surface area (Å²) in [5, 5.41) is 0. The molecular formula is C26H23NO2S. The minimum absolute atomic E-state index is 0.246. The van der Waals surface area contributed by atoms with Gasteiger partial charge in [-0.15, -0.1) is 0 Å². The van der Waals surface area contributed by atoms with Crippen molar-refractivity contribution in [2.75, 3.05) is 0 Å². The van der Waals surface area contributed by atoms with Crippen molar-refractivity contribution >= 4 is 28.8 Å². The van der Waals surface area contributed by atoms with E-state index in [9.17, 15) is 4.79 Å². The largest absolute Gasteiger partial charge is 0.452 e. The van der Waals surface area contributed by atoms with E-state index in [2.05, 4.69) is 4.99 Å². The number of nitrogens with zero attached hydrogens (tertiary/aromatic N) is 1. The number of carbonyl (C=O) groups is 1. The van der Waals surface area contributed by atoms with Gasteiger partial charge in [-0.1, -0.05) is 97.2 Å². The topological polar surface area (TPSA) is 38.7 Å². The van der Waals surface area contributed by atoms with Crippen molar-refractivity contribution in [1.29, 1.82) is 0 Å². The van der Waals surface area contributed by atoms with Crippen LogP contribution < -0.4 is 0 Å². The molecule has 0 bridgehead atoms. The van der Waals surface area contributed by atoms with Crippen molar-refractivity contribution in [1.82, 2.24) is 0 Å². The van der Waals surface area contributed by atoms with Crippen LogP contribution in [-0.2, 0) is 9.53 Å². The Morgan fingerprint density at radius 3 is 2.27 bits per heavy atom. The molecule has 2 aromatic carbocycles. The molecule has 0 N–H and O–H groups in total. The summed E-state index contributed by atoms with van der Waals surface area (Å²) < 4.78 is 6.20. The molecule has 0 spiro atoms. The first-order valence-electron chi connectivity index (χ1n) is 10.1. The monoisotopic (exact) mass is 413 g/mol. The molecule has 2 aliphatic rings. The molecule has 0 saturated carbocycles. The van der Waals surface area contributed by atoms with Crippen molar-refractivity contribution in [3.8, 4) is 0 Å². The minimum Gasteiger partial charge on any atom is -0.452 e. The lowest BCUT2D eigenvalue weighted by Crippen LogP contribution is -2.35. The minimum atomic E-state index is -0.782. The van der Waals surface area contributed by atoms with E-state index in [0.717, 1.165) is 21.7 Å².